The molecule has 1 aliphatic heterocycles. The third kappa shape index (κ3) is 4.00. The maximum Gasteiger partial charge on any atom is 0.238 e. The number of nitrogens with one attached hydrogen (secondary N) is 1. The highest BCUT2D eigenvalue weighted by molar-refractivity contribution is 7.91. The van der Waals surface area contributed by atoms with Crippen molar-refractivity contribution in [2.24, 2.45) is 5.14 Å². The molecular weight excluding hydrogens is 288 g/mol. The summed E-state index contributed by atoms with van der Waals surface area (Å²) in [7, 11) is -6.61. The molecule has 0 spiro atoms. The number of rotatable bonds is 4. The molecule has 8 heteroatoms. The largest absolute Gasteiger partial charge is 0.309 e. The van der Waals surface area contributed by atoms with Gasteiger partial charge in [-0.1, -0.05) is 12.1 Å². The number of hydrogen-bond donors (Lipinski definition) is 2. The van der Waals surface area contributed by atoms with Gasteiger partial charge in [0.25, 0.3) is 0 Å². The highest BCUT2D eigenvalue weighted by atomic mass is 32.2. The van der Waals surface area contributed by atoms with E-state index in [1.807, 2.05) is 0 Å². The predicted octanol–water partition coefficient (Wildman–Crippen LogP) is -0.389. The van der Waals surface area contributed by atoms with Gasteiger partial charge in [0, 0.05) is 12.6 Å². The Morgan fingerprint density at radius 1 is 1.37 bits per heavy atom. The molecule has 1 unspecified atom stereocenters. The molecule has 1 saturated heterocycles. The van der Waals surface area contributed by atoms with Crippen LogP contribution in [0.15, 0.2) is 29.2 Å². The minimum atomic E-state index is -3.70. The van der Waals surface area contributed by atoms with Crippen molar-refractivity contribution in [3.63, 3.8) is 0 Å². The van der Waals surface area contributed by atoms with Crippen molar-refractivity contribution in [1.29, 1.82) is 0 Å². The fourth-order valence-corrected chi connectivity index (χ4v) is 4.34. The lowest BCUT2D eigenvalue weighted by molar-refractivity contribution is 0.553. The molecule has 1 aromatic carbocycles. The summed E-state index contributed by atoms with van der Waals surface area (Å²) in [5.41, 5.74) is 0.760. The molecular formula is C11H16N2O4S2. The quantitative estimate of drug-likeness (QED) is 0.788. The van der Waals surface area contributed by atoms with Crippen LogP contribution in [-0.2, 0) is 26.4 Å². The van der Waals surface area contributed by atoms with Crippen LogP contribution < -0.4 is 10.5 Å². The lowest BCUT2D eigenvalue weighted by atomic mass is 10.2. The Morgan fingerprint density at radius 3 is 2.68 bits per heavy atom. The topological polar surface area (TPSA) is 106 Å². The normalized spacial score (nSPS) is 22.5. The fraction of sp³-hybridized carbons (Fsp3) is 0.455. The molecule has 1 heterocycles. The average molecular weight is 304 g/mol. The molecule has 1 aliphatic rings. The van der Waals surface area contributed by atoms with Crippen molar-refractivity contribution >= 4 is 19.9 Å². The van der Waals surface area contributed by atoms with Crippen LogP contribution in [0, 0.1) is 0 Å². The molecule has 0 aromatic heterocycles. The summed E-state index contributed by atoms with van der Waals surface area (Å²) in [6, 6.07) is 6.24. The Balaban J connectivity index is 2.01. The Bertz CT molecular complexity index is 668. The summed E-state index contributed by atoms with van der Waals surface area (Å²) in [5, 5.41) is 8.17. The third-order valence-electron chi connectivity index (χ3n) is 3.05. The van der Waals surface area contributed by atoms with Gasteiger partial charge >= 0.3 is 0 Å². The van der Waals surface area contributed by atoms with Crippen LogP contribution in [0.5, 0.6) is 0 Å². The number of nitrogens with two attached hydrogens (primary N) is 1. The number of primary sulfonamides is 1. The summed E-state index contributed by atoms with van der Waals surface area (Å²) in [6.45, 7) is 0.420. The highest BCUT2D eigenvalue weighted by Crippen LogP contribution is 2.13. The van der Waals surface area contributed by atoms with E-state index in [9.17, 15) is 16.8 Å². The molecule has 6 nitrogen and oxygen atoms in total. The van der Waals surface area contributed by atoms with E-state index in [0.717, 1.165) is 5.56 Å². The number of sulfonamides is 1. The van der Waals surface area contributed by atoms with Gasteiger partial charge in [-0.2, -0.15) is 0 Å². The summed E-state index contributed by atoms with van der Waals surface area (Å²) in [6.07, 6.45) is 0.594. The van der Waals surface area contributed by atoms with Crippen LogP contribution in [0.25, 0.3) is 0 Å². The van der Waals surface area contributed by atoms with Gasteiger partial charge in [0.2, 0.25) is 10.0 Å². The van der Waals surface area contributed by atoms with Crippen molar-refractivity contribution < 1.29 is 16.8 Å². The van der Waals surface area contributed by atoms with Crippen molar-refractivity contribution in [3.05, 3.63) is 29.8 Å². The van der Waals surface area contributed by atoms with Gasteiger partial charge in [-0.05, 0) is 24.1 Å². The highest BCUT2D eigenvalue weighted by Gasteiger charge is 2.27. The van der Waals surface area contributed by atoms with Crippen molar-refractivity contribution in [3.8, 4) is 0 Å². The van der Waals surface area contributed by atoms with Gasteiger partial charge in [-0.3, -0.25) is 0 Å². The molecule has 106 valence electrons. The minimum Gasteiger partial charge on any atom is -0.309 e. The Kier molecular flexibility index (Phi) is 3.95. The lowest BCUT2D eigenvalue weighted by Gasteiger charge is -2.11. The average Bonchev–Trinajstić information content (AvgIpc) is 2.66. The van der Waals surface area contributed by atoms with Gasteiger partial charge < -0.3 is 5.32 Å². The summed E-state index contributed by atoms with van der Waals surface area (Å²) in [4.78, 5) is 0.0610. The Hall–Kier alpha value is -0.960. The molecule has 19 heavy (non-hydrogen) atoms. The molecule has 1 fully saturated rings. The molecule has 1 aromatic rings. The van der Waals surface area contributed by atoms with Gasteiger partial charge in [0.15, 0.2) is 9.84 Å². The standard InChI is InChI=1S/C11H16N2O4S2/c12-19(16,17)11-3-1-2-9(6-11)7-13-10-4-5-18(14,15)8-10/h1-3,6,10,13H,4-5,7-8H2,(H2,12,16,17). The Labute approximate surface area is 113 Å². The summed E-state index contributed by atoms with van der Waals surface area (Å²) < 4.78 is 45.0. The monoisotopic (exact) mass is 304 g/mol. The smallest absolute Gasteiger partial charge is 0.238 e. The van der Waals surface area contributed by atoms with Crippen LogP contribution >= 0.6 is 0 Å². The molecule has 0 amide bonds. The second kappa shape index (κ2) is 5.20. The summed E-state index contributed by atoms with van der Waals surface area (Å²) in [5.74, 6) is 0.351. The zero-order chi connectivity index (χ0) is 14.1. The van der Waals surface area contributed by atoms with Gasteiger partial charge in [-0.25, -0.2) is 22.0 Å². The van der Waals surface area contributed by atoms with E-state index in [2.05, 4.69) is 5.32 Å². The van der Waals surface area contributed by atoms with E-state index in [0.29, 0.717) is 13.0 Å². The molecule has 1 atom stereocenters. The van der Waals surface area contributed by atoms with Crippen molar-refractivity contribution in [1.82, 2.24) is 5.32 Å². The number of hydrogen-bond acceptors (Lipinski definition) is 5. The number of sulfone groups is 1. The van der Waals surface area contributed by atoms with Crippen molar-refractivity contribution in [2.75, 3.05) is 11.5 Å². The minimum absolute atomic E-state index is 0.0610. The van der Waals surface area contributed by atoms with Crippen LogP contribution in [0.4, 0.5) is 0 Å². The SMILES string of the molecule is NS(=O)(=O)c1cccc(CNC2CCS(=O)(=O)C2)c1. The first-order valence-corrected chi connectivity index (χ1v) is 9.19. The van der Waals surface area contributed by atoms with Crippen LogP contribution in [-0.4, -0.2) is 34.4 Å². The lowest BCUT2D eigenvalue weighted by Crippen LogP contribution is -2.29. The zero-order valence-electron chi connectivity index (χ0n) is 10.2. The van der Waals surface area contributed by atoms with E-state index >= 15 is 0 Å². The van der Waals surface area contributed by atoms with Crippen LogP contribution in [0.3, 0.4) is 0 Å². The van der Waals surface area contributed by atoms with E-state index in [1.54, 1.807) is 12.1 Å². The predicted molar refractivity (Wildman–Crippen MR) is 71.7 cm³/mol. The van der Waals surface area contributed by atoms with Crippen molar-refractivity contribution in [2.45, 2.75) is 23.9 Å². The van der Waals surface area contributed by atoms with E-state index < -0.39 is 19.9 Å². The first kappa shape index (κ1) is 14.4. The first-order valence-electron chi connectivity index (χ1n) is 5.82. The van der Waals surface area contributed by atoms with Crippen LogP contribution in [0.1, 0.15) is 12.0 Å². The van der Waals surface area contributed by atoms with E-state index in [-0.39, 0.29) is 22.4 Å². The number of benzene rings is 1. The molecule has 0 radical (unpaired) electrons. The van der Waals surface area contributed by atoms with Gasteiger partial charge in [0.05, 0.1) is 16.4 Å². The second-order valence-electron chi connectivity index (χ2n) is 4.67. The second-order valence-corrected chi connectivity index (χ2v) is 8.46. The van der Waals surface area contributed by atoms with E-state index in [1.165, 1.54) is 12.1 Å². The van der Waals surface area contributed by atoms with Gasteiger partial charge in [0.1, 0.15) is 0 Å². The molecule has 0 bridgehead atoms. The fourth-order valence-electron chi connectivity index (χ4n) is 2.05. The molecule has 0 saturated carbocycles. The molecule has 3 N–H and O–H groups in total. The molecule has 0 aliphatic carbocycles. The zero-order valence-corrected chi connectivity index (χ0v) is 11.9. The Morgan fingerprint density at radius 2 is 2.11 bits per heavy atom. The third-order valence-corrected chi connectivity index (χ3v) is 5.73. The first-order chi connectivity index (χ1) is 8.76. The summed E-state index contributed by atoms with van der Waals surface area (Å²) >= 11 is 0. The maximum atomic E-state index is 11.3. The maximum absolute atomic E-state index is 11.3. The van der Waals surface area contributed by atoms with Crippen LogP contribution in [0.2, 0.25) is 0 Å². The van der Waals surface area contributed by atoms with E-state index in [4.69, 9.17) is 5.14 Å². The molecule has 2 rings (SSSR count). The van der Waals surface area contributed by atoms with Gasteiger partial charge in [-0.15, -0.1) is 0 Å².